The third-order valence-electron chi connectivity index (χ3n) is 1.77. The summed E-state index contributed by atoms with van der Waals surface area (Å²) >= 11 is 1.81. The monoisotopic (exact) mass is 222 g/mol. The van der Waals surface area contributed by atoms with Crippen molar-refractivity contribution in [2.24, 2.45) is 0 Å². The SMILES string of the molecule is CCCSc1ccc(C=CC(=O)O)cc1. The zero-order valence-corrected chi connectivity index (χ0v) is 9.46. The number of aliphatic carboxylic acids is 1. The molecule has 0 saturated heterocycles. The van der Waals surface area contributed by atoms with E-state index in [-0.39, 0.29) is 0 Å². The van der Waals surface area contributed by atoms with E-state index >= 15 is 0 Å². The van der Waals surface area contributed by atoms with Crippen LogP contribution in [0.25, 0.3) is 6.08 Å². The Balaban J connectivity index is 2.60. The molecule has 15 heavy (non-hydrogen) atoms. The molecule has 1 aromatic carbocycles. The van der Waals surface area contributed by atoms with E-state index in [1.807, 2.05) is 36.0 Å². The second-order valence-electron chi connectivity index (χ2n) is 3.09. The maximum absolute atomic E-state index is 10.3. The van der Waals surface area contributed by atoms with Crippen molar-refractivity contribution in [3.8, 4) is 0 Å². The quantitative estimate of drug-likeness (QED) is 0.613. The van der Waals surface area contributed by atoms with Crippen LogP contribution in [0.4, 0.5) is 0 Å². The van der Waals surface area contributed by atoms with E-state index in [1.165, 1.54) is 4.90 Å². The van der Waals surface area contributed by atoms with Gasteiger partial charge in [0.2, 0.25) is 0 Å². The van der Waals surface area contributed by atoms with E-state index in [0.29, 0.717) is 0 Å². The molecule has 3 heteroatoms. The van der Waals surface area contributed by atoms with Gasteiger partial charge in [-0.2, -0.15) is 0 Å². The standard InChI is InChI=1S/C12H14O2S/c1-2-9-15-11-6-3-10(4-7-11)5-8-12(13)14/h3-8H,2,9H2,1H3,(H,13,14). The van der Waals surface area contributed by atoms with Gasteiger partial charge in [0.1, 0.15) is 0 Å². The number of hydrogen-bond acceptors (Lipinski definition) is 2. The molecule has 0 unspecified atom stereocenters. The normalized spacial score (nSPS) is 10.7. The van der Waals surface area contributed by atoms with Crippen molar-refractivity contribution in [3.05, 3.63) is 35.9 Å². The van der Waals surface area contributed by atoms with Gasteiger partial charge in [-0.25, -0.2) is 4.79 Å². The van der Waals surface area contributed by atoms with Crippen molar-refractivity contribution in [1.82, 2.24) is 0 Å². The fourth-order valence-corrected chi connectivity index (χ4v) is 1.83. The first-order valence-electron chi connectivity index (χ1n) is 4.86. The summed E-state index contributed by atoms with van der Waals surface area (Å²) < 4.78 is 0. The molecule has 1 rings (SSSR count). The van der Waals surface area contributed by atoms with E-state index in [2.05, 4.69) is 6.92 Å². The van der Waals surface area contributed by atoms with E-state index < -0.39 is 5.97 Å². The number of carboxylic acid groups (broad SMARTS) is 1. The summed E-state index contributed by atoms with van der Waals surface area (Å²) in [6.45, 7) is 2.15. The number of rotatable bonds is 5. The van der Waals surface area contributed by atoms with Gasteiger partial charge in [0, 0.05) is 11.0 Å². The van der Waals surface area contributed by atoms with Gasteiger partial charge in [0.15, 0.2) is 0 Å². The van der Waals surface area contributed by atoms with Crippen LogP contribution in [-0.4, -0.2) is 16.8 Å². The van der Waals surface area contributed by atoms with Crippen molar-refractivity contribution in [1.29, 1.82) is 0 Å². The molecule has 0 atom stereocenters. The lowest BCUT2D eigenvalue weighted by atomic mass is 10.2. The molecular formula is C12H14O2S. The highest BCUT2D eigenvalue weighted by molar-refractivity contribution is 7.99. The fraction of sp³-hybridized carbons (Fsp3) is 0.250. The molecule has 0 aliphatic rings. The predicted molar refractivity (Wildman–Crippen MR) is 64.1 cm³/mol. The van der Waals surface area contributed by atoms with Crippen molar-refractivity contribution in [2.75, 3.05) is 5.75 Å². The highest BCUT2D eigenvalue weighted by atomic mass is 32.2. The van der Waals surface area contributed by atoms with Gasteiger partial charge in [-0.3, -0.25) is 0 Å². The molecule has 0 aromatic heterocycles. The minimum Gasteiger partial charge on any atom is -0.478 e. The molecule has 0 saturated carbocycles. The second kappa shape index (κ2) is 6.30. The Labute approximate surface area is 94.0 Å². The lowest BCUT2D eigenvalue weighted by molar-refractivity contribution is -0.131. The molecule has 0 radical (unpaired) electrons. The second-order valence-corrected chi connectivity index (χ2v) is 4.26. The lowest BCUT2D eigenvalue weighted by Gasteiger charge is -1.99. The van der Waals surface area contributed by atoms with Crippen molar-refractivity contribution in [2.45, 2.75) is 18.2 Å². The Morgan fingerprint density at radius 2 is 2.07 bits per heavy atom. The van der Waals surface area contributed by atoms with Crippen LogP contribution in [0.15, 0.2) is 35.2 Å². The molecule has 1 N–H and O–H groups in total. The maximum atomic E-state index is 10.3. The molecular weight excluding hydrogens is 208 g/mol. The minimum absolute atomic E-state index is 0.915. The number of hydrogen-bond donors (Lipinski definition) is 1. The van der Waals surface area contributed by atoms with Crippen LogP contribution in [0, 0.1) is 0 Å². The predicted octanol–water partition coefficient (Wildman–Crippen LogP) is 3.29. The first-order valence-corrected chi connectivity index (χ1v) is 5.85. The zero-order valence-electron chi connectivity index (χ0n) is 8.64. The van der Waals surface area contributed by atoms with Gasteiger partial charge in [0.05, 0.1) is 0 Å². The smallest absolute Gasteiger partial charge is 0.328 e. The van der Waals surface area contributed by atoms with E-state index in [9.17, 15) is 4.79 Å². The van der Waals surface area contributed by atoms with Crippen molar-refractivity contribution in [3.63, 3.8) is 0 Å². The summed E-state index contributed by atoms with van der Waals surface area (Å²) in [6.07, 6.45) is 3.90. The average Bonchev–Trinajstić information content (AvgIpc) is 2.25. The Bertz CT molecular complexity index is 341. The molecule has 80 valence electrons. The lowest BCUT2D eigenvalue weighted by Crippen LogP contribution is -1.85. The third-order valence-corrected chi connectivity index (χ3v) is 2.99. The topological polar surface area (TPSA) is 37.3 Å². The van der Waals surface area contributed by atoms with Gasteiger partial charge in [0.25, 0.3) is 0 Å². The first-order chi connectivity index (χ1) is 7.22. The van der Waals surface area contributed by atoms with E-state index in [0.717, 1.165) is 23.8 Å². The molecule has 2 nitrogen and oxygen atoms in total. The largest absolute Gasteiger partial charge is 0.478 e. The average molecular weight is 222 g/mol. The third kappa shape index (κ3) is 4.70. The van der Waals surface area contributed by atoms with Gasteiger partial charge in [-0.15, -0.1) is 11.8 Å². The van der Waals surface area contributed by atoms with Crippen LogP contribution in [-0.2, 0) is 4.79 Å². The van der Waals surface area contributed by atoms with E-state index in [1.54, 1.807) is 6.08 Å². The molecule has 0 amide bonds. The van der Waals surface area contributed by atoms with Crippen LogP contribution in [0.1, 0.15) is 18.9 Å². The van der Waals surface area contributed by atoms with Crippen LogP contribution in [0.5, 0.6) is 0 Å². The summed E-state index contributed by atoms with van der Waals surface area (Å²) in [5, 5.41) is 8.45. The van der Waals surface area contributed by atoms with Crippen LogP contribution < -0.4 is 0 Å². The number of carboxylic acids is 1. The van der Waals surface area contributed by atoms with Crippen LogP contribution in [0.3, 0.4) is 0 Å². The molecule has 0 spiro atoms. The van der Waals surface area contributed by atoms with Gasteiger partial charge >= 0.3 is 5.97 Å². The van der Waals surface area contributed by atoms with Gasteiger partial charge < -0.3 is 5.11 Å². The fourth-order valence-electron chi connectivity index (χ4n) is 1.06. The Morgan fingerprint density at radius 1 is 1.40 bits per heavy atom. The molecule has 0 heterocycles. The minimum atomic E-state index is -0.917. The molecule has 0 aliphatic carbocycles. The molecule has 0 fully saturated rings. The molecule has 0 aliphatic heterocycles. The summed E-state index contributed by atoms with van der Waals surface area (Å²) in [4.78, 5) is 11.5. The Hall–Kier alpha value is -1.22. The Morgan fingerprint density at radius 3 is 2.60 bits per heavy atom. The van der Waals surface area contributed by atoms with E-state index in [4.69, 9.17) is 5.11 Å². The van der Waals surface area contributed by atoms with Gasteiger partial charge in [-0.05, 0) is 35.9 Å². The highest BCUT2D eigenvalue weighted by Crippen LogP contribution is 2.19. The van der Waals surface area contributed by atoms with Crippen LogP contribution >= 0.6 is 11.8 Å². The van der Waals surface area contributed by atoms with Crippen molar-refractivity contribution >= 4 is 23.8 Å². The molecule has 1 aromatic rings. The number of benzene rings is 1. The molecule has 0 bridgehead atoms. The summed E-state index contributed by atoms with van der Waals surface area (Å²) in [6, 6.07) is 7.89. The maximum Gasteiger partial charge on any atom is 0.328 e. The number of carbonyl (C=O) groups is 1. The van der Waals surface area contributed by atoms with Crippen LogP contribution in [0.2, 0.25) is 0 Å². The number of thioether (sulfide) groups is 1. The van der Waals surface area contributed by atoms with Crippen molar-refractivity contribution < 1.29 is 9.90 Å². The first kappa shape index (κ1) is 11.9. The Kier molecular flexibility index (Phi) is 4.98. The highest BCUT2D eigenvalue weighted by Gasteiger charge is 1.93. The zero-order chi connectivity index (χ0) is 11.1. The van der Waals surface area contributed by atoms with Gasteiger partial charge in [-0.1, -0.05) is 19.1 Å². The summed E-state index contributed by atoms with van der Waals surface area (Å²) in [7, 11) is 0. The summed E-state index contributed by atoms with van der Waals surface area (Å²) in [5.41, 5.74) is 0.915. The summed E-state index contributed by atoms with van der Waals surface area (Å²) in [5.74, 6) is 0.198.